The molecule has 6 aromatic rings. The normalized spacial score (nSPS) is 8.25. The zero-order chi connectivity index (χ0) is 31.0. The van der Waals surface area contributed by atoms with E-state index in [9.17, 15) is 0 Å². The molecule has 0 fully saturated rings. The second-order valence-electron chi connectivity index (χ2n) is 9.66. The van der Waals surface area contributed by atoms with Crippen molar-refractivity contribution in [3.8, 4) is 0 Å². The molecule has 0 amide bonds. The quantitative estimate of drug-likeness (QED) is 0.136. The number of fused-ring (bicyclic) bond motifs is 1. The SMILES string of the molecule is Cc1c(C)c(C)[c-](C)c1C.Cl.Cl.Cl.Cl.[C-]1=Cc2ccccc2C1.[NH2-].[NH2-].[Zr+4].[Zr+4].[c-]1ccccc1.[c-]1ccccc1.[c-]1ccccc1.[c-]1ccccc1. The van der Waals surface area contributed by atoms with Crippen LogP contribution in [0.5, 0.6) is 0 Å². The van der Waals surface area contributed by atoms with Crippen molar-refractivity contribution in [2.24, 2.45) is 0 Å². The molecule has 51 heavy (non-hydrogen) atoms. The number of allylic oxidation sites excluding steroid dienone is 1. The predicted octanol–water partition coefficient (Wildman–Crippen LogP) is 14.1. The monoisotopic (exact) mass is 914 g/mol. The van der Waals surface area contributed by atoms with Crippen molar-refractivity contribution in [2.75, 3.05) is 0 Å². The zero-order valence-electron chi connectivity index (χ0n) is 29.9. The molecule has 0 radical (unpaired) electrons. The van der Waals surface area contributed by atoms with E-state index in [2.05, 4.69) is 95.3 Å². The van der Waals surface area contributed by atoms with E-state index >= 15 is 0 Å². The Kier molecular flexibility index (Phi) is 53.3. The third-order valence-corrected chi connectivity index (χ3v) is 6.85. The molecule has 0 atom stereocenters. The van der Waals surface area contributed by atoms with Crippen LogP contribution < -0.4 is 0 Å². The van der Waals surface area contributed by atoms with Crippen molar-refractivity contribution in [3.05, 3.63) is 227 Å². The van der Waals surface area contributed by atoms with Gasteiger partial charge in [0, 0.05) is 0 Å². The van der Waals surface area contributed by atoms with E-state index in [-0.39, 0.29) is 114 Å². The van der Waals surface area contributed by atoms with Gasteiger partial charge in [0.15, 0.2) is 0 Å². The molecule has 0 unspecified atom stereocenters. The summed E-state index contributed by atoms with van der Waals surface area (Å²) in [5.41, 5.74) is 10.1. The summed E-state index contributed by atoms with van der Waals surface area (Å²) >= 11 is 0. The number of hydrogen-bond donors (Lipinski definition) is 0. The molecule has 7 rings (SSSR count). The zero-order valence-corrected chi connectivity index (χ0v) is 38.1. The molecule has 268 valence electrons. The van der Waals surface area contributed by atoms with E-state index in [1.807, 2.05) is 121 Å². The van der Waals surface area contributed by atoms with Crippen LogP contribution in [0.2, 0.25) is 0 Å². The van der Waals surface area contributed by atoms with Crippen molar-refractivity contribution in [1.82, 2.24) is 0 Å². The second kappa shape index (κ2) is 42.4. The molecule has 2 nitrogen and oxygen atoms in total. The van der Waals surface area contributed by atoms with Gasteiger partial charge in [0.1, 0.15) is 0 Å². The van der Waals surface area contributed by atoms with Crippen LogP contribution in [0.3, 0.4) is 0 Å². The molecule has 1 aliphatic rings. The topological polar surface area (TPSA) is 67.0 Å². The minimum Gasteiger partial charge on any atom is -0.693 e. The van der Waals surface area contributed by atoms with Gasteiger partial charge >= 0.3 is 52.4 Å². The molecule has 0 spiro atoms. The molecule has 8 heteroatoms. The van der Waals surface area contributed by atoms with Gasteiger partial charge in [-0.05, 0) is 0 Å². The van der Waals surface area contributed by atoms with Crippen LogP contribution in [0.1, 0.15) is 38.9 Å². The maximum Gasteiger partial charge on any atom is 4.00 e. The van der Waals surface area contributed by atoms with Crippen LogP contribution >= 0.6 is 49.6 Å². The second-order valence-corrected chi connectivity index (χ2v) is 9.66. The third-order valence-electron chi connectivity index (χ3n) is 6.85. The first kappa shape index (κ1) is 64.0. The van der Waals surface area contributed by atoms with Gasteiger partial charge in [0.05, 0.1) is 0 Å². The number of rotatable bonds is 0. The first-order chi connectivity index (χ1) is 21.0. The number of halogens is 4. The van der Waals surface area contributed by atoms with E-state index in [4.69, 9.17) is 0 Å². The van der Waals surface area contributed by atoms with E-state index in [0.717, 1.165) is 6.42 Å². The van der Waals surface area contributed by atoms with E-state index in [0.29, 0.717) is 0 Å². The summed E-state index contributed by atoms with van der Waals surface area (Å²) < 4.78 is 0. The van der Waals surface area contributed by atoms with Crippen LogP contribution in [0.25, 0.3) is 18.4 Å². The van der Waals surface area contributed by atoms with Gasteiger partial charge in [-0.2, -0.15) is 179 Å². The summed E-state index contributed by atoms with van der Waals surface area (Å²) in [6.45, 7) is 11.0. The van der Waals surface area contributed by atoms with Gasteiger partial charge < -0.3 is 12.3 Å². The van der Waals surface area contributed by atoms with Crippen molar-refractivity contribution in [1.29, 1.82) is 0 Å². The molecule has 0 heterocycles. The average molecular weight is 919 g/mol. The molecular weight excluding hydrogens is 869 g/mol. The standard InChI is InChI=1S/C10H15.C9H7.4C6H5.4ClH.2H2N.2Zr/c1-6-7(2)9(4)10(5)8(6)3;1-2-5-9-7-3-6-8(9)4-1;4*1-2-4-6-5-3-1;;;;;;;;/h1-5H3;1-2,4-6H,7H2;4*1-5H;4*1H;2*1H2;;/q6*-1;;;;;2*-1;2*+4. The summed E-state index contributed by atoms with van der Waals surface area (Å²) in [5.74, 6) is 0. The largest absolute Gasteiger partial charge is 4.00 e. The first-order valence-corrected chi connectivity index (χ1v) is 14.5. The summed E-state index contributed by atoms with van der Waals surface area (Å²) in [7, 11) is 0. The van der Waals surface area contributed by atoms with Crippen LogP contribution in [-0.4, -0.2) is 0 Å². The van der Waals surface area contributed by atoms with Crippen LogP contribution in [-0.2, 0) is 58.8 Å². The minimum atomic E-state index is 0. The van der Waals surface area contributed by atoms with E-state index in [1.54, 1.807) is 0 Å². The van der Waals surface area contributed by atoms with Gasteiger partial charge in [-0.1, -0.05) is 52.8 Å². The van der Waals surface area contributed by atoms with E-state index < -0.39 is 0 Å². The van der Waals surface area contributed by atoms with Gasteiger partial charge in [0.2, 0.25) is 0 Å². The summed E-state index contributed by atoms with van der Waals surface area (Å²) in [6.07, 6.45) is 6.21. The third kappa shape index (κ3) is 29.2. The number of nitrogens with two attached hydrogens (primary N) is 2. The molecule has 6 aromatic carbocycles. The van der Waals surface area contributed by atoms with Crippen molar-refractivity contribution in [2.45, 2.75) is 41.0 Å². The van der Waals surface area contributed by atoms with E-state index in [1.165, 1.54) is 38.9 Å². The number of benzene rings is 5. The van der Waals surface area contributed by atoms with Gasteiger partial charge in [-0.3, -0.25) is 6.08 Å². The Morgan fingerprint density at radius 2 is 0.745 bits per heavy atom. The molecule has 0 aromatic heterocycles. The van der Waals surface area contributed by atoms with Crippen molar-refractivity contribution in [3.63, 3.8) is 0 Å². The Labute approximate surface area is 372 Å². The fourth-order valence-electron chi connectivity index (χ4n) is 3.88. The van der Waals surface area contributed by atoms with Crippen LogP contribution in [0.15, 0.2) is 146 Å². The molecule has 0 bridgehead atoms. The van der Waals surface area contributed by atoms with Gasteiger partial charge in [0.25, 0.3) is 0 Å². The smallest absolute Gasteiger partial charge is 0.693 e. The Balaban J connectivity index is -0.0000000893. The fraction of sp³-hybridized carbons (Fsp3) is 0.140. The number of hydrogen-bond acceptors (Lipinski definition) is 0. The van der Waals surface area contributed by atoms with Crippen molar-refractivity contribution >= 4 is 55.7 Å². The Morgan fingerprint density at radius 1 is 0.451 bits per heavy atom. The molecule has 0 aliphatic heterocycles. The maximum atomic E-state index is 3.16. The summed E-state index contributed by atoms with van der Waals surface area (Å²) in [4.78, 5) is 0. The first-order valence-electron chi connectivity index (χ1n) is 14.5. The summed E-state index contributed by atoms with van der Waals surface area (Å²) in [6, 6.07) is 58.4. The Bertz CT molecular complexity index is 1220. The molecule has 0 saturated carbocycles. The predicted molar refractivity (Wildman–Crippen MR) is 224 cm³/mol. The fourth-order valence-corrected chi connectivity index (χ4v) is 3.88. The van der Waals surface area contributed by atoms with Gasteiger partial charge in [-0.25, -0.2) is 6.08 Å². The van der Waals surface area contributed by atoms with Crippen LogP contribution in [0.4, 0.5) is 0 Å². The van der Waals surface area contributed by atoms with Crippen molar-refractivity contribution < 1.29 is 52.4 Å². The minimum absolute atomic E-state index is 0. The molecule has 0 saturated heterocycles. The average Bonchev–Trinajstić information content (AvgIpc) is 3.66. The molecule has 4 N–H and O–H groups in total. The Morgan fingerprint density at radius 3 is 0.941 bits per heavy atom. The maximum absolute atomic E-state index is 3.16. The summed E-state index contributed by atoms with van der Waals surface area (Å²) in [5, 5.41) is 0. The molecule has 1 aliphatic carbocycles. The van der Waals surface area contributed by atoms with Crippen LogP contribution in [0, 0.1) is 65.0 Å². The molecular formula is C43H50Cl4N2Zr2. The van der Waals surface area contributed by atoms with Gasteiger partial charge in [-0.15, -0.1) is 67.7 Å². The Hall–Kier alpha value is -1.96.